The fourth-order valence-corrected chi connectivity index (χ4v) is 3.78. The van der Waals surface area contributed by atoms with Gasteiger partial charge in [0.1, 0.15) is 11.9 Å². The zero-order valence-corrected chi connectivity index (χ0v) is 14.6. The standard InChI is InChI=1S/C18H22ClN5/c1-12-10-14-3-2-13-11-15(19)4-5-16(13)21-18(17(14)23-22-12)24-8-6-20-7-9-24/h4-5,10-11,18,20-21H,2-3,6-9H2,1H3. The molecule has 24 heavy (non-hydrogen) atoms. The zero-order valence-electron chi connectivity index (χ0n) is 13.8. The van der Waals surface area contributed by atoms with Crippen LogP contribution in [-0.4, -0.2) is 41.3 Å². The van der Waals surface area contributed by atoms with Gasteiger partial charge in [-0.15, -0.1) is 0 Å². The molecule has 0 aliphatic carbocycles. The van der Waals surface area contributed by atoms with E-state index in [4.69, 9.17) is 11.6 Å². The van der Waals surface area contributed by atoms with Crippen molar-refractivity contribution < 1.29 is 0 Å². The number of halogens is 1. The first kappa shape index (κ1) is 15.8. The maximum absolute atomic E-state index is 6.21. The molecule has 1 aromatic heterocycles. The molecule has 0 saturated carbocycles. The third kappa shape index (κ3) is 3.11. The van der Waals surface area contributed by atoms with Gasteiger partial charge in [0.2, 0.25) is 0 Å². The quantitative estimate of drug-likeness (QED) is 0.833. The summed E-state index contributed by atoms with van der Waals surface area (Å²) in [6.45, 7) is 6.00. The monoisotopic (exact) mass is 343 g/mol. The first-order valence-corrected chi connectivity index (χ1v) is 8.91. The summed E-state index contributed by atoms with van der Waals surface area (Å²) in [5.74, 6) is 0. The molecule has 5 nitrogen and oxygen atoms in total. The molecule has 0 radical (unpaired) electrons. The van der Waals surface area contributed by atoms with Gasteiger partial charge in [-0.3, -0.25) is 4.90 Å². The van der Waals surface area contributed by atoms with Gasteiger partial charge in [0.05, 0.1) is 5.69 Å². The number of aryl methyl sites for hydroxylation is 3. The van der Waals surface area contributed by atoms with Crippen molar-refractivity contribution in [3.63, 3.8) is 0 Å². The molecule has 2 N–H and O–H groups in total. The third-order valence-electron chi connectivity index (χ3n) is 4.83. The summed E-state index contributed by atoms with van der Waals surface area (Å²) in [6, 6.07) is 8.28. The van der Waals surface area contributed by atoms with E-state index in [9.17, 15) is 0 Å². The molecule has 4 rings (SSSR count). The highest BCUT2D eigenvalue weighted by Gasteiger charge is 2.28. The molecule has 1 saturated heterocycles. The molecule has 1 unspecified atom stereocenters. The molecule has 3 heterocycles. The van der Waals surface area contributed by atoms with Crippen molar-refractivity contribution in [3.05, 3.63) is 51.8 Å². The Morgan fingerprint density at radius 2 is 1.88 bits per heavy atom. The van der Waals surface area contributed by atoms with Crippen LogP contribution in [0.15, 0.2) is 24.3 Å². The molecule has 1 aromatic carbocycles. The van der Waals surface area contributed by atoms with Gasteiger partial charge in [-0.2, -0.15) is 10.2 Å². The second kappa shape index (κ2) is 6.67. The van der Waals surface area contributed by atoms with Crippen molar-refractivity contribution in [2.45, 2.75) is 25.9 Å². The molecule has 0 spiro atoms. The van der Waals surface area contributed by atoms with Gasteiger partial charge in [-0.05, 0) is 55.2 Å². The number of aromatic nitrogens is 2. The molecule has 1 fully saturated rings. The maximum Gasteiger partial charge on any atom is 0.125 e. The van der Waals surface area contributed by atoms with E-state index in [1.807, 2.05) is 13.0 Å². The molecule has 6 heteroatoms. The Kier molecular flexibility index (Phi) is 4.39. The van der Waals surface area contributed by atoms with Crippen LogP contribution in [0.2, 0.25) is 5.02 Å². The number of fused-ring (bicyclic) bond motifs is 2. The van der Waals surface area contributed by atoms with E-state index < -0.39 is 0 Å². The number of piperazine rings is 1. The molecule has 0 bridgehead atoms. The molecule has 0 amide bonds. The Bertz CT molecular complexity index is 742. The van der Waals surface area contributed by atoms with Gasteiger partial charge in [-0.1, -0.05) is 11.6 Å². The van der Waals surface area contributed by atoms with Crippen LogP contribution in [0, 0.1) is 6.92 Å². The van der Waals surface area contributed by atoms with Crippen LogP contribution in [0.5, 0.6) is 0 Å². The van der Waals surface area contributed by atoms with Crippen molar-refractivity contribution in [2.24, 2.45) is 0 Å². The summed E-state index contributed by atoms with van der Waals surface area (Å²) in [5.41, 5.74) is 5.73. The minimum Gasteiger partial charge on any atom is -0.364 e. The van der Waals surface area contributed by atoms with Crippen LogP contribution in [0.3, 0.4) is 0 Å². The van der Waals surface area contributed by atoms with Crippen LogP contribution in [0.4, 0.5) is 5.69 Å². The molecule has 2 aliphatic heterocycles. The van der Waals surface area contributed by atoms with Crippen molar-refractivity contribution in [1.29, 1.82) is 0 Å². The van der Waals surface area contributed by atoms with Crippen molar-refractivity contribution in [3.8, 4) is 0 Å². The smallest absolute Gasteiger partial charge is 0.125 e. The van der Waals surface area contributed by atoms with Crippen LogP contribution in [0.25, 0.3) is 0 Å². The molecular weight excluding hydrogens is 322 g/mol. The minimum atomic E-state index is 0.0513. The van der Waals surface area contributed by atoms with E-state index in [1.54, 1.807) is 0 Å². The number of nitrogens with zero attached hydrogens (tertiary/aromatic N) is 3. The van der Waals surface area contributed by atoms with E-state index in [0.717, 1.165) is 61.1 Å². The van der Waals surface area contributed by atoms with E-state index in [1.165, 1.54) is 11.1 Å². The topological polar surface area (TPSA) is 53.1 Å². The van der Waals surface area contributed by atoms with Crippen LogP contribution < -0.4 is 10.6 Å². The fraction of sp³-hybridized carbons (Fsp3) is 0.444. The third-order valence-corrected chi connectivity index (χ3v) is 5.06. The SMILES string of the molecule is Cc1cc2c(nn1)C(N1CCNCC1)Nc1ccc(Cl)cc1CC2. The lowest BCUT2D eigenvalue weighted by atomic mass is 9.97. The van der Waals surface area contributed by atoms with E-state index >= 15 is 0 Å². The first-order valence-electron chi connectivity index (χ1n) is 8.53. The van der Waals surface area contributed by atoms with Crippen LogP contribution in [-0.2, 0) is 12.8 Å². The highest BCUT2D eigenvalue weighted by Crippen LogP contribution is 2.32. The minimum absolute atomic E-state index is 0.0513. The lowest BCUT2D eigenvalue weighted by molar-refractivity contribution is 0.186. The summed E-state index contributed by atoms with van der Waals surface area (Å²) in [4.78, 5) is 2.45. The van der Waals surface area contributed by atoms with Gasteiger partial charge in [0.25, 0.3) is 0 Å². The van der Waals surface area contributed by atoms with Gasteiger partial charge in [0, 0.05) is 36.9 Å². The van der Waals surface area contributed by atoms with Crippen LogP contribution in [0.1, 0.15) is 28.7 Å². The van der Waals surface area contributed by atoms with Crippen molar-refractivity contribution >= 4 is 17.3 Å². The lowest BCUT2D eigenvalue weighted by Crippen LogP contribution is -2.47. The highest BCUT2D eigenvalue weighted by molar-refractivity contribution is 6.30. The second-order valence-corrected chi connectivity index (χ2v) is 6.97. The zero-order chi connectivity index (χ0) is 16.5. The summed E-state index contributed by atoms with van der Waals surface area (Å²) in [7, 11) is 0. The number of benzene rings is 1. The highest BCUT2D eigenvalue weighted by atomic mass is 35.5. The number of anilines is 1. The number of nitrogens with one attached hydrogen (secondary N) is 2. The maximum atomic E-state index is 6.21. The second-order valence-electron chi connectivity index (χ2n) is 6.53. The summed E-state index contributed by atoms with van der Waals surface area (Å²) in [6.07, 6.45) is 1.97. The Morgan fingerprint density at radius 3 is 2.71 bits per heavy atom. The fourth-order valence-electron chi connectivity index (χ4n) is 3.58. The van der Waals surface area contributed by atoms with Gasteiger partial charge in [0.15, 0.2) is 0 Å². The molecule has 2 aromatic rings. The Morgan fingerprint density at radius 1 is 1.08 bits per heavy atom. The van der Waals surface area contributed by atoms with E-state index in [-0.39, 0.29) is 6.17 Å². The van der Waals surface area contributed by atoms with Crippen molar-refractivity contribution in [2.75, 3.05) is 31.5 Å². The van der Waals surface area contributed by atoms with Gasteiger partial charge < -0.3 is 10.6 Å². The molecule has 1 atom stereocenters. The Hall–Kier alpha value is -1.69. The number of hydrogen-bond donors (Lipinski definition) is 2. The lowest BCUT2D eigenvalue weighted by Gasteiger charge is -2.37. The normalized spacial score (nSPS) is 21.2. The molecule has 126 valence electrons. The summed E-state index contributed by atoms with van der Waals surface area (Å²) in [5, 5.41) is 16.8. The van der Waals surface area contributed by atoms with Crippen LogP contribution >= 0.6 is 11.6 Å². The van der Waals surface area contributed by atoms with Gasteiger partial charge in [-0.25, -0.2) is 0 Å². The summed E-state index contributed by atoms with van der Waals surface area (Å²) < 4.78 is 0. The summed E-state index contributed by atoms with van der Waals surface area (Å²) >= 11 is 6.21. The Labute approximate surface area is 147 Å². The predicted molar refractivity (Wildman–Crippen MR) is 96.4 cm³/mol. The van der Waals surface area contributed by atoms with Crippen molar-refractivity contribution in [1.82, 2.24) is 20.4 Å². The average Bonchev–Trinajstić information content (AvgIpc) is 2.59. The Balaban J connectivity index is 1.77. The predicted octanol–water partition coefficient (Wildman–Crippen LogP) is 2.55. The largest absolute Gasteiger partial charge is 0.364 e. The van der Waals surface area contributed by atoms with E-state index in [2.05, 4.69) is 43.9 Å². The average molecular weight is 344 g/mol. The number of rotatable bonds is 1. The number of hydrogen-bond acceptors (Lipinski definition) is 5. The molecule has 2 aliphatic rings. The molecular formula is C18H22ClN5. The van der Waals surface area contributed by atoms with E-state index in [0.29, 0.717) is 0 Å². The first-order chi connectivity index (χ1) is 11.7. The van der Waals surface area contributed by atoms with Gasteiger partial charge >= 0.3 is 0 Å².